The quantitative estimate of drug-likeness (QED) is 0.363. The third kappa shape index (κ3) is 5.69. The minimum absolute atomic E-state index is 0.0486. The van der Waals surface area contributed by atoms with E-state index in [1.165, 1.54) is 0 Å². The lowest BCUT2D eigenvalue weighted by Crippen LogP contribution is -2.34. The van der Waals surface area contributed by atoms with Crippen LogP contribution in [0.5, 0.6) is 11.5 Å². The number of aromatic hydroxyl groups is 1. The minimum Gasteiger partial charge on any atom is -0.506 e. The molecule has 8 heteroatoms. The first-order valence-electron chi connectivity index (χ1n) is 7.74. The highest BCUT2D eigenvalue weighted by Gasteiger charge is 2.12. The summed E-state index contributed by atoms with van der Waals surface area (Å²) in [6.07, 6.45) is 0. The summed E-state index contributed by atoms with van der Waals surface area (Å²) in [5.41, 5.74) is 1.79. The fourth-order valence-corrected chi connectivity index (χ4v) is 2.77. The van der Waals surface area contributed by atoms with Crippen LogP contribution in [0.3, 0.4) is 0 Å². The smallest absolute Gasteiger partial charge is 0.257 e. The Morgan fingerprint density at radius 3 is 2.69 bits per heavy atom. The van der Waals surface area contributed by atoms with Crippen LogP contribution in [-0.2, 0) is 4.74 Å². The van der Waals surface area contributed by atoms with Crippen molar-refractivity contribution in [2.75, 3.05) is 25.6 Å². The molecule has 0 radical (unpaired) electrons. The summed E-state index contributed by atoms with van der Waals surface area (Å²) >= 11 is 8.52. The third-order valence-corrected chi connectivity index (χ3v) is 4.19. The number of anilines is 1. The van der Waals surface area contributed by atoms with Crippen molar-refractivity contribution in [3.63, 3.8) is 0 Å². The Balaban J connectivity index is 1.99. The molecule has 0 fully saturated rings. The number of hydrogen-bond donors (Lipinski definition) is 3. The summed E-state index contributed by atoms with van der Waals surface area (Å²) in [6.45, 7) is 2.77. The average molecular weight is 439 g/mol. The van der Waals surface area contributed by atoms with E-state index in [2.05, 4.69) is 26.6 Å². The summed E-state index contributed by atoms with van der Waals surface area (Å²) in [5.74, 6) is 0.287. The van der Waals surface area contributed by atoms with Crippen LogP contribution in [0, 0.1) is 6.92 Å². The molecular weight excluding hydrogens is 420 g/mol. The fourth-order valence-electron chi connectivity index (χ4n) is 2.07. The molecule has 0 aliphatic carbocycles. The predicted molar refractivity (Wildman–Crippen MR) is 108 cm³/mol. The van der Waals surface area contributed by atoms with E-state index >= 15 is 0 Å². The Kier molecular flexibility index (Phi) is 7.38. The number of nitrogens with one attached hydrogen (secondary N) is 2. The lowest BCUT2D eigenvalue weighted by Gasteiger charge is -2.12. The van der Waals surface area contributed by atoms with Gasteiger partial charge in [-0.15, -0.1) is 0 Å². The molecule has 2 aromatic carbocycles. The van der Waals surface area contributed by atoms with Crippen molar-refractivity contribution in [3.8, 4) is 11.5 Å². The van der Waals surface area contributed by atoms with Gasteiger partial charge in [0, 0.05) is 12.7 Å². The van der Waals surface area contributed by atoms with Gasteiger partial charge in [0.1, 0.15) is 18.1 Å². The van der Waals surface area contributed by atoms with Crippen LogP contribution in [0.1, 0.15) is 15.9 Å². The predicted octanol–water partition coefficient (Wildman–Crippen LogP) is 3.62. The van der Waals surface area contributed by atoms with Crippen molar-refractivity contribution in [2.24, 2.45) is 0 Å². The molecule has 0 bridgehead atoms. The maximum absolute atomic E-state index is 12.3. The number of phenols is 1. The Morgan fingerprint density at radius 2 is 2.00 bits per heavy atom. The van der Waals surface area contributed by atoms with Gasteiger partial charge in [0.05, 0.1) is 16.8 Å². The molecule has 0 unspecified atom stereocenters. The molecule has 0 saturated heterocycles. The van der Waals surface area contributed by atoms with Crippen molar-refractivity contribution in [2.45, 2.75) is 6.92 Å². The molecular formula is C18H19BrN2O4S. The number of halogens is 1. The fraction of sp³-hybridized carbons (Fsp3) is 0.222. The lowest BCUT2D eigenvalue weighted by molar-refractivity contribution is 0.0977. The number of carbonyl (C=O) groups is 1. The molecule has 0 spiro atoms. The van der Waals surface area contributed by atoms with Gasteiger partial charge in [-0.3, -0.25) is 10.1 Å². The van der Waals surface area contributed by atoms with Crippen LogP contribution >= 0.6 is 28.1 Å². The van der Waals surface area contributed by atoms with Crippen LogP contribution < -0.4 is 15.4 Å². The van der Waals surface area contributed by atoms with Crippen LogP contribution in [-0.4, -0.2) is 36.4 Å². The molecule has 2 aromatic rings. The van der Waals surface area contributed by atoms with Crippen LogP contribution in [0.25, 0.3) is 0 Å². The first kappa shape index (κ1) is 20.2. The Hall–Kier alpha value is -2.16. The van der Waals surface area contributed by atoms with Gasteiger partial charge < -0.3 is 19.9 Å². The van der Waals surface area contributed by atoms with Crippen molar-refractivity contribution < 1.29 is 19.4 Å². The zero-order valence-corrected chi connectivity index (χ0v) is 16.7. The summed E-state index contributed by atoms with van der Waals surface area (Å²) in [4.78, 5) is 12.3. The Labute approximate surface area is 165 Å². The van der Waals surface area contributed by atoms with Crippen molar-refractivity contribution in [1.29, 1.82) is 0 Å². The number of aryl methyl sites for hydroxylation is 1. The van der Waals surface area contributed by atoms with Gasteiger partial charge in [0.25, 0.3) is 5.91 Å². The monoisotopic (exact) mass is 438 g/mol. The maximum atomic E-state index is 12.3. The van der Waals surface area contributed by atoms with E-state index in [4.69, 9.17) is 21.7 Å². The molecule has 26 heavy (non-hydrogen) atoms. The molecule has 0 atom stereocenters. The van der Waals surface area contributed by atoms with Crippen molar-refractivity contribution in [1.82, 2.24) is 5.32 Å². The molecule has 0 saturated carbocycles. The normalized spacial score (nSPS) is 10.3. The number of methoxy groups -OCH3 is 1. The second-order valence-corrected chi connectivity index (χ2v) is 6.68. The third-order valence-electron chi connectivity index (χ3n) is 3.37. The molecule has 3 N–H and O–H groups in total. The van der Waals surface area contributed by atoms with Gasteiger partial charge in [-0.05, 0) is 71.0 Å². The lowest BCUT2D eigenvalue weighted by atomic mass is 10.2. The summed E-state index contributed by atoms with van der Waals surface area (Å²) in [5, 5.41) is 15.3. The first-order chi connectivity index (χ1) is 12.4. The van der Waals surface area contributed by atoms with E-state index in [1.54, 1.807) is 43.5 Å². The van der Waals surface area contributed by atoms with Crippen LogP contribution in [0.15, 0.2) is 40.9 Å². The van der Waals surface area contributed by atoms with Gasteiger partial charge in [-0.2, -0.15) is 0 Å². The molecule has 138 valence electrons. The van der Waals surface area contributed by atoms with Gasteiger partial charge in [0.2, 0.25) is 0 Å². The summed E-state index contributed by atoms with van der Waals surface area (Å²) < 4.78 is 11.1. The number of ether oxygens (including phenoxy) is 2. The maximum Gasteiger partial charge on any atom is 0.257 e. The molecule has 0 aliphatic rings. The molecule has 1 amide bonds. The first-order valence-corrected chi connectivity index (χ1v) is 8.94. The second-order valence-electron chi connectivity index (χ2n) is 5.42. The van der Waals surface area contributed by atoms with Gasteiger partial charge in [-0.1, -0.05) is 6.07 Å². The van der Waals surface area contributed by atoms with E-state index in [1.807, 2.05) is 6.92 Å². The molecule has 0 heterocycles. The zero-order valence-electron chi connectivity index (χ0n) is 14.3. The van der Waals surface area contributed by atoms with Crippen molar-refractivity contribution >= 4 is 44.9 Å². The number of benzene rings is 2. The van der Waals surface area contributed by atoms with Crippen LogP contribution in [0.2, 0.25) is 0 Å². The highest BCUT2D eigenvalue weighted by atomic mass is 79.9. The molecule has 0 aliphatic heterocycles. The Bertz CT molecular complexity index is 814. The molecule has 6 nitrogen and oxygen atoms in total. The number of amides is 1. The summed E-state index contributed by atoms with van der Waals surface area (Å²) in [7, 11) is 1.60. The van der Waals surface area contributed by atoms with E-state index in [0.717, 1.165) is 5.56 Å². The largest absolute Gasteiger partial charge is 0.506 e. The molecule has 0 aromatic heterocycles. The van der Waals surface area contributed by atoms with Crippen molar-refractivity contribution in [3.05, 3.63) is 52.0 Å². The van der Waals surface area contributed by atoms with Gasteiger partial charge >= 0.3 is 0 Å². The zero-order chi connectivity index (χ0) is 19.1. The van der Waals surface area contributed by atoms with Crippen LogP contribution in [0.4, 0.5) is 5.69 Å². The number of hydrogen-bond acceptors (Lipinski definition) is 5. The van der Waals surface area contributed by atoms with E-state index in [9.17, 15) is 9.90 Å². The number of phenolic OH excluding ortho intramolecular Hbond substituents is 1. The van der Waals surface area contributed by atoms with E-state index in [0.29, 0.717) is 34.7 Å². The highest BCUT2D eigenvalue weighted by Crippen LogP contribution is 2.26. The molecule has 2 rings (SSSR count). The SMILES string of the molecule is COCCOc1ccc(C(=O)NC(=S)Nc2cc(C)ccc2O)cc1Br. The summed E-state index contributed by atoms with van der Waals surface area (Å²) in [6, 6.07) is 10.0. The van der Waals surface area contributed by atoms with E-state index in [-0.39, 0.29) is 16.8 Å². The average Bonchev–Trinajstić information content (AvgIpc) is 2.59. The van der Waals surface area contributed by atoms with E-state index < -0.39 is 0 Å². The number of carbonyl (C=O) groups excluding carboxylic acids is 1. The van der Waals surface area contributed by atoms with Gasteiger partial charge in [0.15, 0.2) is 5.11 Å². The van der Waals surface area contributed by atoms with Gasteiger partial charge in [-0.25, -0.2) is 0 Å². The highest BCUT2D eigenvalue weighted by molar-refractivity contribution is 9.10. The Morgan fingerprint density at radius 1 is 1.23 bits per heavy atom. The second kappa shape index (κ2) is 9.51. The number of rotatable bonds is 6. The minimum atomic E-state index is -0.376. The number of thiocarbonyl (C=S) groups is 1. The standard InChI is InChI=1S/C18H19BrN2O4S/c1-11-3-5-15(22)14(9-11)20-18(26)21-17(23)12-4-6-16(13(19)10-12)25-8-7-24-2/h3-6,9-10,22H,7-8H2,1-2H3,(H2,20,21,23,26). The topological polar surface area (TPSA) is 79.8 Å².